The highest BCUT2D eigenvalue weighted by Gasteiger charge is 2.15. The van der Waals surface area contributed by atoms with Crippen LogP contribution in [-0.4, -0.2) is 50.8 Å². The first-order valence-electron chi connectivity index (χ1n) is 5.95. The van der Waals surface area contributed by atoms with E-state index in [1.165, 1.54) is 0 Å². The van der Waals surface area contributed by atoms with Crippen LogP contribution in [0.5, 0.6) is 0 Å². The molecule has 0 aliphatic carbocycles. The monoisotopic (exact) mass is 263 g/mol. The van der Waals surface area contributed by atoms with Crippen molar-refractivity contribution < 1.29 is 19.0 Å². The van der Waals surface area contributed by atoms with E-state index < -0.39 is 17.9 Å². The van der Waals surface area contributed by atoms with Crippen molar-refractivity contribution in [3.8, 4) is 0 Å². The predicted molar refractivity (Wildman–Crippen MR) is 68.0 cm³/mol. The molecule has 7 nitrogen and oxygen atoms in total. The molecule has 0 aromatic carbocycles. The molecule has 0 heterocycles. The molecule has 0 fully saturated rings. The first-order chi connectivity index (χ1) is 8.31. The van der Waals surface area contributed by atoms with Gasteiger partial charge in [-0.25, -0.2) is 4.79 Å². The fraction of sp³-hybridized carbons (Fsp3) is 0.909. The van der Waals surface area contributed by atoms with Gasteiger partial charge < -0.3 is 31.0 Å². The minimum absolute atomic E-state index is 0.305. The largest absolute Gasteiger partial charge is 0.444 e. The average Bonchev–Trinajstić information content (AvgIpc) is 2.18. The molecule has 0 unspecified atom stereocenters. The number of rotatable bonds is 8. The fourth-order valence-electron chi connectivity index (χ4n) is 0.979. The van der Waals surface area contributed by atoms with Crippen molar-refractivity contribution in [3.05, 3.63) is 0 Å². The molecule has 18 heavy (non-hydrogen) atoms. The van der Waals surface area contributed by atoms with E-state index in [1.807, 2.05) is 20.8 Å². The number of hydrogen-bond acceptors (Lipinski definition) is 6. The van der Waals surface area contributed by atoms with E-state index in [0.717, 1.165) is 0 Å². The van der Waals surface area contributed by atoms with E-state index in [4.69, 9.17) is 25.7 Å². The van der Waals surface area contributed by atoms with Crippen molar-refractivity contribution in [2.24, 2.45) is 11.5 Å². The summed E-state index contributed by atoms with van der Waals surface area (Å²) in [4.78, 5) is 11.2. The quantitative estimate of drug-likeness (QED) is 0.413. The molecule has 0 aromatic heterocycles. The van der Waals surface area contributed by atoms with E-state index in [-0.39, 0.29) is 0 Å². The van der Waals surface area contributed by atoms with Gasteiger partial charge in [-0.3, -0.25) is 0 Å². The van der Waals surface area contributed by atoms with Gasteiger partial charge in [0.05, 0.1) is 32.6 Å². The van der Waals surface area contributed by atoms with Crippen LogP contribution in [0, 0.1) is 0 Å². The highest BCUT2D eigenvalue weighted by molar-refractivity contribution is 5.67. The van der Waals surface area contributed by atoms with Gasteiger partial charge in [-0.15, -0.1) is 0 Å². The van der Waals surface area contributed by atoms with Crippen molar-refractivity contribution >= 4 is 6.09 Å². The Kier molecular flexibility index (Phi) is 8.65. The molecule has 0 rings (SSSR count). The number of nitrogens with two attached hydrogens (primary N) is 2. The lowest BCUT2D eigenvalue weighted by atomic mass is 10.2. The number of amides is 1. The van der Waals surface area contributed by atoms with Gasteiger partial charge in [0.15, 0.2) is 0 Å². The second kappa shape index (κ2) is 9.09. The summed E-state index contributed by atoms with van der Waals surface area (Å²) in [6.07, 6.45) is -0.907. The number of ether oxygens (including phenoxy) is 3. The van der Waals surface area contributed by atoms with Gasteiger partial charge in [0.1, 0.15) is 5.60 Å². The Morgan fingerprint density at radius 3 is 2.33 bits per heavy atom. The summed E-state index contributed by atoms with van der Waals surface area (Å²) in [5.74, 6) is 0. The van der Waals surface area contributed by atoms with E-state index in [0.29, 0.717) is 33.0 Å². The fourth-order valence-corrected chi connectivity index (χ4v) is 0.979. The summed E-state index contributed by atoms with van der Waals surface area (Å²) in [7, 11) is 0. The van der Waals surface area contributed by atoms with Crippen LogP contribution in [0.3, 0.4) is 0 Å². The third kappa shape index (κ3) is 13.2. The van der Waals surface area contributed by atoms with Crippen molar-refractivity contribution in [2.45, 2.75) is 32.5 Å². The van der Waals surface area contributed by atoms with Gasteiger partial charge in [0, 0.05) is 6.54 Å². The number of hydrogen-bond donors (Lipinski definition) is 3. The zero-order chi connectivity index (χ0) is 14.0. The number of alkyl carbamates (subject to hydrolysis) is 1. The molecular weight excluding hydrogens is 238 g/mol. The van der Waals surface area contributed by atoms with E-state index in [2.05, 4.69) is 5.32 Å². The van der Waals surface area contributed by atoms with Crippen molar-refractivity contribution in [2.75, 3.05) is 33.0 Å². The van der Waals surface area contributed by atoms with Gasteiger partial charge in [-0.2, -0.15) is 0 Å². The molecule has 0 aromatic rings. The standard InChI is InChI=1S/C11H25N3O4/c1-11(2,3)18-10(15)14-4-5-16-6-7-17-8-9(12)13/h9H,4-8,12-13H2,1-3H3,(H,14,15). The van der Waals surface area contributed by atoms with Crippen LogP contribution in [0.25, 0.3) is 0 Å². The Balaban J connectivity index is 3.28. The van der Waals surface area contributed by atoms with Crippen molar-refractivity contribution in [3.63, 3.8) is 0 Å². The Morgan fingerprint density at radius 1 is 1.17 bits per heavy atom. The first kappa shape index (κ1) is 17.1. The average molecular weight is 263 g/mol. The minimum Gasteiger partial charge on any atom is -0.444 e. The van der Waals surface area contributed by atoms with Crippen LogP contribution >= 0.6 is 0 Å². The maximum atomic E-state index is 11.2. The summed E-state index contributed by atoms with van der Waals surface area (Å²) in [5, 5.41) is 2.58. The Labute approximate surface area is 108 Å². The normalized spacial score (nSPS) is 11.7. The van der Waals surface area contributed by atoms with Crippen molar-refractivity contribution in [1.29, 1.82) is 0 Å². The van der Waals surface area contributed by atoms with Crippen LogP contribution in [-0.2, 0) is 14.2 Å². The molecule has 0 saturated carbocycles. The van der Waals surface area contributed by atoms with Crippen LogP contribution in [0.2, 0.25) is 0 Å². The summed E-state index contributed by atoms with van der Waals surface area (Å²) in [6, 6.07) is 0. The lowest BCUT2D eigenvalue weighted by molar-refractivity contribution is 0.0372. The first-order valence-corrected chi connectivity index (χ1v) is 5.95. The second-order valence-corrected chi connectivity index (χ2v) is 4.78. The van der Waals surface area contributed by atoms with Gasteiger partial charge in [0.2, 0.25) is 0 Å². The molecule has 0 radical (unpaired) electrons. The van der Waals surface area contributed by atoms with Gasteiger partial charge in [0.25, 0.3) is 0 Å². The minimum atomic E-state index is -0.486. The number of nitrogens with one attached hydrogen (secondary N) is 1. The van der Waals surface area contributed by atoms with Gasteiger partial charge in [-0.1, -0.05) is 0 Å². The molecular formula is C11H25N3O4. The van der Waals surface area contributed by atoms with Crippen molar-refractivity contribution in [1.82, 2.24) is 5.32 Å². The molecule has 0 aliphatic rings. The summed E-state index contributed by atoms with van der Waals surface area (Å²) in [5.41, 5.74) is 10.1. The zero-order valence-corrected chi connectivity index (χ0v) is 11.4. The lowest BCUT2D eigenvalue weighted by Crippen LogP contribution is -2.36. The van der Waals surface area contributed by atoms with Gasteiger partial charge in [-0.05, 0) is 20.8 Å². The molecule has 7 heteroatoms. The zero-order valence-electron chi connectivity index (χ0n) is 11.4. The highest BCUT2D eigenvalue weighted by atomic mass is 16.6. The Bertz CT molecular complexity index is 229. The summed E-state index contributed by atoms with van der Waals surface area (Å²) < 4.78 is 15.4. The third-order valence-corrected chi connectivity index (χ3v) is 1.60. The van der Waals surface area contributed by atoms with E-state index in [9.17, 15) is 4.79 Å². The van der Waals surface area contributed by atoms with Crippen LogP contribution in [0.4, 0.5) is 4.79 Å². The SMILES string of the molecule is CC(C)(C)OC(=O)NCCOCCOCC(N)N. The van der Waals surface area contributed by atoms with Crippen LogP contribution < -0.4 is 16.8 Å². The molecule has 0 aliphatic heterocycles. The summed E-state index contributed by atoms with van der Waals surface area (Å²) in [6.45, 7) is 7.38. The van der Waals surface area contributed by atoms with Crippen LogP contribution in [0.1, 0.15) is 20.8 Å². The molecule has 0 bridgehead atoms. The molecule has 108 valence electrons. The molecule has 0 atom stereocenters. The Hall–Kier alpha value is -0.890. The Morgan fingerprint density at radius 2 is 1.78 bits per heavy atom. The van der Waals surface area contributed by atoms with E-state index >= 15 is 0 Å². The third-order valence-electron chi connectivity index (χ3n) is 1.60. The number of carbonyl (C=O) groups is 1. The maximum Gasteiger partial charge on any atom is 0.407 e. The molecule has 0 spiro atoms. The van der Waals surface area contributed by atoms with Crippen LogP contribution in [0.15, 0.2) is 0 Å². The molecule has 5 N–H and O–H groups in total. The smallest absolute Gasteiger partial charge is 0.407 e. The second-order valence-electron chi connectivity index (χ2n) is 4.78. The van der Waals surface area contributed by atoms with Gasteiger partial charge >= 0.3 is 6.09 Å². The lowest BCUT2D eigenvalue weighted by Gasteiger charge is -2.19. The molecule has 0 saturated heterocycles. The summed E-state index contributed by atoms with van der Waals surface area (Å²) >= 11 is 0. The topological polar surface area (TPSA) is 109 Å². The molecule has 1 amide bonds. The van der Waals surface area contributed by atoms with E-state index in [1.54, 1.807) is 0 Å². The highest BCUT2D eigenvalue weighted by Crippen LogP contribution is 2.05. The maximum absolute atomic E-state index is 11.2. The number of carbonyl (C=O) groups excluding carboxylic acids is 1. The predicted octanol–water partition coefficient (Wildman–Crippen LogP) is -0.212.